The zero-order valence-corrected chi connectivity index (χ0v) is 10.9. The smallest absolute Gasteiger partial charge is 0.273 e. The molecule has 0 radical (unpaired) electrons. The van der Waals surface area contributed by atoms with Crippen molar-refractivity contribution in [3.63, 3.8) is 0 Å². The number of amides is 1. The molecule has 0 atom stereocenters. The van der Waals surface area contributed by atoms with Crippen molar-refractivity contribution in [1.82, 2.24) is 20.0 Å². The quantitative estimate of drug-likeness (QED) is 0.762. The zero-order chi connectivity index (χ0) is 13.9. The molecule has 0 fully saturated rings. The Kier molecular flexibility index (Phi) is 3.04. The van der Waals surface area contributed by atoms with Crippen molar-refractivity contribution in [2.75, 3.05) is 5.32 Å². The minimum atomic E-state index is -0.188. The number of H-pyrrole nitrogens is 1. The molecule has 6 nitrogen and oxygen atoms in total. The maximum atomic E-state index is 12.1. The second-order valence-corrected chi connectivity index (χ2v) is 4.35. The fourth-order valence-electron chi connectivity index (χ4n) is 1.97. The Hall–Kier alpha value is -2.89. The summed E-state index contributed by atoms with van der Waals surface area (Å²) in [6.07, 6.45) is 3.28. The number of anilines is 1. The predicted octanol–water partition coefficient (Wildman–Crippen LogP) is 2.06. The molecule has 6 heteroatoms. The summed E-state index contributed by atoms with van der Waals surface area (Å²) in [4.78, 5) is 12.1. The molecule has 0 aliphatic heterocycles. The number of aromatic amines is 1. The summed E-state index contributed by atoms with van der Waals surface area (Å²) >= 11 is 0. The molecule has 0 bridgehead atoms. The van der Waals surface area contributed by atoms with Gasteiger partial charge in [0.15, 0.2) is 0 Å². The predicted molar refractivity (Wildman–Crippen MR) is 75.2 cm³/mol. The van der Waals surface area contributed by atoms with Gasteiger partial charge in [-0.05, 0) is 24.3 Å². The monoisotopic (exact) mass is 267 g/mol. The van der Waals surface area contributed by atoms with E-state index in [1.54, 1.807) is 25.5 Å². The number of hydrogen-bond donors (Lipinski definition) is 2. The van der Waals surface area contributed by atoms with Gasteiger partial charge in [-0.1, -0.05) is 12.1 Å². The fourth-order valence-corrected chi connectivity index (χ4v) is 1.97. The minimum absolute atomic E-state index is 0.188. The number of hydrogen-bond acceptors (Lipinski definition) is 3. The largest absolute Gasteiger partial charge is 0.321 e. The van der Waals surface area contributed by atoms with Crippen LogP contribution in [0, 0.1) is 0 Å². The molecule has 0 aliphatic rings. The summed E-state index contributed by atoms with van der Waals surface area (Å²) in [5.74, 6) is -0.188. The Labute approximate surface area is 115 Å². The highest BCUT2D eigenvalue weighted by atomic mass is 16.2. The standard InChI is InChI=1S/C14H13N5O/c1-19-13(6-8-16-19)14(20)17-11-4-2-3-10(9-11)12-5-7-15-18-12/h2-9H,1H3,(H,15,18)(H,17,20). The first-order chi connectivity index (χ1) is 9.74. The first-order valence-corrected chi connectivity index (χ1v) is 6.13. The fraction of sp³-hybridized carbons (Fsp3) is 0.0714. The van der Waals surface area contributed by atoms with E-state index in [-0.39, 0.29) is 5.91 Å². The molecule has 0 saturated heterocycles. The summed E-state index contributed by atoms with van der Waals surface area (Å²) in [5.41, 5.74) is 3.10. The number of aromatic nitrogens is 4. The molecule has 20 heavy (non-hydrogen) atoms. The summed E-state index contributed by atoms with van der Waals surface area (Å²) < 4.78 is 1.54. The Morgan fingerprint density at radius 3 is 2.85 bits per heavy atom. The van der Waals surface area contributed by atoms with Crippen LogP contribution in [0.1, 0.15) is 10.5 Å². The lowest BCUT2D eigenvalue weighted by Crippen LogP contribution is -2.16. The van der Waals surface area contributed by atoms with Crippen LogP contribution in [0.15, 0.2) is 48.8 Å². The van der Waals surface area contributed by atoms with Crippen molar-refractivity contribution in [2.24, 2.45) is 7.05 Å². The highest BCUT2D eigenvalue weighted by Crippen LogP contribution is 2.20. The highest BCUT2D eigenvalue weighted by Gasteiger charge is 2.10. The average Bonchev–Trinajstić information content (AvgIpc) is 3.09. The van der Waals surface area contributed by atoms with Gasteiger partial charge in [0.1, 0.15) is 5.69 Å². The van der Waals surface area contributed by atoms with Gasteiger partial charge in [0, 0.05) is 30.7 Å². The van der Waals surface area contributed by atoms with E-state index in [2.05, 4.69) is 20.6 Å². The molecule has 3 rings (SSSR count). The number of nitrogens with zero attached hydrogens (tertiary/aromatic N) is 3. The molecular weight excluding hydrogens is 254 g/mol. The van der Waals surface area contributed by atoms with Gasteiger partial charge in [-0.2, -0.15) is 10.2 Å². The van der Waals surface area contributed by atoms with Gasteiger partial charge < -0.3 is 5.32 Å². The van der Waals surface area contributed by atoms with Gasteiger partial charge in [-0.25, -0.2) is 0 Å². The van der Waals surface area contributed by atoms with E-state index in [1.807, 2.05) is 30.3 Å². The third kappa shape index (κ3) is 2.31. The number of nitrogens with one attached hydrogen (secondary N) is 2. The van der Waals surface area contributed by atoms with E-state index < -0.39 is 0 Å². The maximum absolute atomic E-state index is 12.1. The Bertz CT molecular complexity index is 730. The van der Waals surface area contributed by atoms with Gasteiger partial charge in [0.05, 0.1) is 5.69 Å². The van der Waals surface area contributed by atoms with Crippen LogP contribution in [0.25, 0.3) is 11.3 Å². The number of carbonyl (C=O) groups excluding carboxylic acids is 1. The van der Waals surface area contributed by atoms with Gasteiger partial charge in [0.25, 0.3) is 5.91 Å². The first-order valence-electron chi connectivity index (χ1n) is 6.13. The second-order valence-electron chi connectivity index (χ2n) is 4.35. The molecule has 100 valence electrons. The van der Waals surface area contributed by atoms with Gasteiger partial charge in [-0.3, -0.25) is 14.6 Å². The third-order valence-corrected chi connectivity index (χ3v) is 2.99. The average molecular weight is 267 g/mol. The zero-order valence-electron chi connectivity index (χ0n) is 10.9. The second kappa shape index (κ2) is 5.00. The maximum Gasteiger partial charge on any atom is 0.273 e. The summed E-state index contributed by atoms with van der Waals surface area (Å²) in [6.45, 7) is 0. The lowest BCUT2D eigenvalue weighted by atomic mass is 10.1. The number of benzene rings is 1. The topological polar surface area (TPSA) is 75.6 Å². The van der Waals surface area contributed by atoms with Crippen molar-refractivity contribution in [3.05, 3.63) is 54.5 Å². The van der Waals surface area contributed by atoms with Gasteiger partial charge in [-0.15, -0.1) is 0 Å². The summed E-state index contributed by atoms with van der Waals surface area (Å²) in [7, 11) is 1.73. The minimum Gasteiger partial charge on any atom is -0.321 e. The molecular formula is C14H13N5O. The van der Waals surface area contributed by atoms with Gasteiger partial charge in [0.2, 0.25) is 0 Å². The van der Waals surface area contributed by atoms with E-state index in [0.29, 0.717) is 5.69 Å². The van der Waals surface area contributed by atoms with Crippen molar-refractivity contribution < 1.29 is 4.79 Å². The van der Waals surface area contributed by atoms with Crippen LogP contribution in [0.5, 0.6) is 0 Å². The van der Waals surface area contributed by atoms with Crippen LogP contribution in [0.2, 0.25) is 0 Å². The molecule has 3 aromatic rings. The summed E-state index contributed by atoms with van der Waals surface area (Å²) in [5, 5.41) is 13.6. The molecule has 2 heterocycles. The van der Waals surface area contributed by atoms with Crippen LogP contribution in [0.4, 0.5) is 5.69 Å². The SMILES string of the molecule is Cn1nccc1C(=O)Nc1cccc(-c2ccn[nH]2)c1. The van der Waals surface area contributed by atoms with E-state index in [0.717, 1.165) is 16.9 Å². The number of carbonyl (C=O) groups is 1. The van der Waals surface area contributed by atoms with Crippen LogP contribution in [-0.2, 0) is 7.05 Å². The van der Waals surface area contributed by atoms with Crippen molar-refractivity contribution in [2.45, 2.75) is 0 Å². The lowest BCUT2D eigenvalue weighted by Gasteiger charge is -2.07. The Balaban J connectivity index is 1.83. The number of rotatable bonds is 3. The number of aryl methyl sites for hydroxylation is 1. The Morgan fingerprint density at radius 1 is 1.25 bits per heavy atom. The lowest BCUT2D eigenvalue weighted by molar-refractivity contribution is 0.101. The van der Waals surface area contributed by atoms with E-state index in [9.17, 15) is 4.79 Å². The van der Waals surface area contributed by atoms with Crippen molar-refractivity contribution in [3.8, 4) is 11.3 Å². The molecule has 1 aromatic carbocycles. The third-order valence-electron chi connectivity index (χ3n) is 2.99. The first kappa shape index (κ1) is 12.2. The molecule has 1 amide bonds. The highest BCUT2D eigenvalue weighted by molar-refractivity contribution is 6.03. The van der Waals surface area contributed by atoms with E-state index in [4.69, 9.17) is 0 Å². The molecule has 0 aliphatic carbocycles. The molecule has 0 spiro atoms. The van der Waals surface area contributed by atoms with Crippen LogP contribution >= 0.6 is 0 Å². The molecule has 2 aromatic heterocycles. The van der Waals surface area contributed by atoms with Crippen LogP contribution in [-0.4, -0.2) is 25.9 Å². The van der Waals surface area contributed by atoms with Crippen molar-refractivity contribution in [1.29, 1.82) is 0 Å². The Morgan fingerprint density at radius 2 is 2.15 bits per heavy atom. The molecule has 0 saturated carbocycles. The van der Waals surface area contributed by atoms with Crippen molar-refractivity contribution >= 4 is 11.6 Å². The van der Waals surface area contributed by atoms with E-state index in [1.165, 1.54) is 4.68 Å². The normalized spacial score (nSPS) is 10.4. The van der Waals surface area contributed by atoms with E-state index >= 15 is 0 Å². The molecule has 0 unspecified atom stereocenters. The summed E-state index contributed by atoms with van der Waals surface area (Å²) in [6, 6.07) is 11.1. The van der Waals surface area contributed by atoms with Crippen LogP contribution < -0.4 is 5.32 Å². The van der Waals surface area contributed by atoms with Gasteiger partial charge >= 0.3 is 0 Å². The molecule has 2 N–H and O–H groups in total. The van der Waals surface area contributed by atoms with Crippen LogP contribution in [0.3, 0.4) is 0 Å².